The molecule has 0 atom stereocenters. The Kier molecular flexibility index (Phi) is 4.54. The van der Waals surface area contributed by atoms with Gasteiger partial charge in [-0.3, -0.25) is 0 Å². The van der Waals surface area contributed by atoms with Gasteiger partial charge in [-0.2, -0.15) is 0 Å². The summed E-state index contributed by atoms with van der Waals surface area (Å²) in [5.41, 5.74) is 11.2. The van der Waals surface area contributed by atoms with Gasteiger partial charge in [-0.05, 0) is 78.2 Å². The molecule has 7 rings (SSSR count). The smallest absolute Gasteiger partial charge is 0.0812 e. The lowest BCUT2D eigenvalue weighted by atomic mass is 9.78. The molecule has 0 spiro atoms. The maximum absolute atomic E-state index is 6.78. The highest BCUT2D eigenvalue weighted by molar-refractivity contribution is 6.47. The fourth-order valence-corrected chi connectivity index (χ4v) is 6.19. The molecule has 168 valence electrons. The Morgan fingerprint density at radius 1 is 0.472 bits per heavy atom. The molecule has 0 aliphatic heterocycles. The molecule has 1 aliphatic carbocycles. The molecule has 0 unspecified atom stereocenters. The number of benzene rings is 6. The van der Waals surface area contributed by atoms with Gasteiger partial charge >= 0.3 is 0 Å². The van der Waals surface area contributed by atoms with Crippen molar-refractivity contribution >= 4 is 34.9 Å². The van der Waals surface area contributed by atoms with Crippen LogP contribution in [0.3, 0.4) is 0 Å². The SMILES string of the molecule is [B]c1c2ccccc2c(-c2ccc3c(c2)C(C)(C)c2ccccc2-3)c2cc(-c3ccccc3)ccc12. The second-order valence-electron chi connectivity index (χ2n) is 10.4. The van der Waals surface area contributed by atoms with Gasteiger partial charge in [-0.25, -0.2) is 0 Å². The fraction of sp³-hybridized carbons (Fsp3) is 0.0857. The Morgan fingerprint density at radius 2 is 1.11 bits per heavy atom. The van der Waals surface area contributed by atoms with E-state index in [-0.39, 0.29) is 5.41 Å². The minimum Gasteiger partial charge on any atom is -0.0812 e. The van der Waals surface area contributed by atoms with Crippen LogP contribution in [0.15, 0.2) is 115 Å². The van der Waals surface area contributed by atoms with Crippen molar-refractivity contribution in [3.63, 3.8) is 0 Å². The molecular formula is C35H25B. The molecule has 2 radical (unpaired) electrons. The minimum absolute atomic E-state index is 0.0451. The van der Waals surface area contributed by atoms with Crippen LogP contribution in [0.4, 0.5) is 0 Å². The third kappa shape index (κ3) is 2.96. The van der Waals surface area contributed by atoms with E-state index in [4.69, 9.17) is 7.85 Å². The van der Waals surface area contributed by atoms with Crippen LogP contribution >= 0.6 is 0 Å². The summed E-state index contributed by atoms with van der Waals surface area (Å²) in [5.74, 6) is 0. The Labute approximate surface area is 213 Å². The van der Waals surface area contributed by atoms with Gasteiger partial charge in [0.2, 0.25) is 0 Å². The molecule has 0 fully saturated rings. The van der Waals surface area contributed by atoms with Crippen LogP contribution < -0.4 is 5.46 Å². The maximum atomic E-state index is 6.78. The monoisotopic (exact) mass is 456 g/mol. The standard InChI is InChI=1S/C35H25B/c1-35(2)31-15-9-8-12-25(31)26-18-17-24(21-32(26)35)33-27-13-6-7-14-28(27)34(36)29-19-16-23(20-30(29)33)22-10-4-3-5-11-22/h3-21H,1-2H3. The minimum atomic E-state index is -0.0451. The van der Waals surface area contributed by atoms with Crippen LogP contribution in [-0.4, -0.2) is 7.85 Å². The van der Waals surface area contributed by atoms with Crippen LogP contribution in [0.2, 0.25) is 0 Å². The van der Waals surface area contributed by atoms with E-state index in [9.17, 15) is 0 Å². The highest BCUT2D eigenvalue weighted by Crippen LogP contribution is 2.50. The van der Waals surface area contributed by atoms with Crippen LogP contribution in [-0.2, 0) is 5.41 Å². The van der Waals surface area contributed by atoms with E-state index >= 15 is 0 Å². The first-order valence-electron chi connectivity index (χ1n) is 12.6. The third-order valence-corrected chi connectivity index (χ3v) is 8.04. The first-order chi connectivity index (χ1) is 17.5. The average molecular weight is 456 g/mol. The molecule has 0 N–H and O–H groups in total. The molecule has 1 heteroatoms. The van der Waals surface area contributed by atoms with Gasteiger partial charge in [0.25, 0.3) is 0 Å². The van der Waals surface area contributed by atoms with Crippen LogP contribution in [0.5, 0.6) is 0 Å². The van der Waals surface area contributed by atoms with E-state index in [2.05, 4.69) is 129 Å². The van der Waals surface area contributed by atoms with E-state index in [1.54, 1.807) is 0 Å². The number of hydrogen-bond donors (Lipinski definition) is 0. The summed E-state index contributed by atoms with van der Waals surface area (Å²) in [6.07, 6.45) is 0. The predicted molar refractivity (Wildman–Crippen MR) is 155 cm³/mol. The first-order valence-corrected chi connectivity index (χ1v) is 12.6. The zero-order valence-electron chi connectivity index (χ0n) is 20.5. The first kappa shape index (κ1) is 21.2. The largest absolute Gasteiger partial charge is 0.115 e. The lowest BCUT2D eigenvalue weighted by molar-refractivity contribution is 0.660. The predicted octanol–water partition coefficient (Wildman–Crippen LogP) is 8.43. The Morgan fingerprint density at radius 3 is 1.94 bits per heavy atom. The van der Waals surface area contributed by atoms with Gasteiger partial charge in [0.15, 0.2) is 0 Å². The van der Waals surface area contributed by atoms with Gasteiger partial charge in [0.1, 0.15) is 7.85 Å². The Hall–Kier alpha value is -4.10. The summed E-state index contributed by atoms with van der Waals surface area (Å²) < 4.78 is 0. The van der Waals surface area contributed by atoms with Crippen molar-refractivity contribution in [2.45, 2.75) is 19.3 Å². The van der Waals surface area contributed by atoms with E-state index < -0.39 is 0 Å². The lowest BCUT2D eigenvalue weighted by Gasteiger charge is -2.23. The number of hydrogen-bond acceptors (Lipinski definition) is 0. The van der Waals surface area contributed by atoms with Gasteiger partial charge in [-0.1, -0.05) is 122 Å². The zero-order valence-corrected chi connectivity index (χ0v) is 20.5. The summed E-state index contributed by atoms with van der Waals surface area (Å²) in [4.78, 5) is 0. The van der Waals surface area contributed by atoms with E-state index in [1.807, 2.05) is 0 Å². The molecule has 1 aliphatic rings. The van der Waals surface area contributed by atoms with Crippen LogP contribution in [0.1, 0.15) is 25.0 Å². The topological polar surface area (TPSA) is 0 Å². The maximum Gasteiger partial charge on any atom is 0.115 e. The highest BCUT2D eigenvalue weighted by atomic mass is 14.4. The van der Waals surface area contributed by atoms with Crippen molar-refractivity contribution < 1.29 is 0 Å². The van der Waals surface area contributed by atoms with Crippen LogP contribution in [0.25, 0.3) is 54.9 Å². The van der Waals surface area contributed by atoms with Gasteiger partial charge in [0, 0.05) is 5.41 Å². The van der Waals surface area contributed by atoms with Crippen LogP contribution in [0, 0.1) is 0 Å². The van der Waals surface area contributed by atoms with Crippen molar-refractivity contribution in [1.29, 1.82) is 0 Å². The van der Waals surface area contributed by atoms with Crippen molar-refractivity contribution in [3.8, 4) is 33.4 Å². The lowest BCUT2D eigenvalue weighted by Crippen LogP contribution is -2.15. The second kappa shape index (κ2) is 7.70. The third-order valence-electron chi connectivity index (χ3n) is 8.04. The van der Waals surface area contributed by atoms with Crippen molar-refractivity contribution in [1.82, 2.24) is 0 Å². The summed E-state index contributed by atoms with van der Waals surface area (Å²) >= 11 is 0. The van der Waals surface area contributed by atoms with E-state index in [1.165, 1.54) is 55.3 Å². The molecule has 0 saturated heterocycles. The molecule has 6 aromatic rings. The summed E-state index contributed by atoms with van der Waals surface area (Å²) in [6.45, 7) is 4.68. The van der Waals surface area contributed by atoms with Crippen molar-refractivity contribution in [3.05, 3.63) is 126 Å². The molecular weight excluding hydrogens is 431 g/mol. The normalized spacial score (nSPS) is 13.6. The van der Waals surface area contributed by atoms with Gasteiger partial charge in [0.05, 0.1) is 0 Å². The Bertz CT molecular complexity index is 1810. The number of fused-ring (bicyclic) bond motifs is 5. The fourth-order valence-electron chi connectivity index (χ4n) is 6.19. The molecule has 0 saturated carbocycles. The quantitative estimate of drug-likeness (QED) is 0.181. The summed E-state index contributed by atoms with van der Waals surface area (Å²) in [5, 5.41) is 4.60. The van der Waals surface area contributed by atoms with Gasteiger partial charge in [-0.15, -0.1) is 0 Å². The number of rotatable bonds is 2. The van der Waals surface area contributed by atoms with Crippen molar-refractivity contribution in [2.24, 2.45) is 0 Å². The molecule has 0 aromatic heterocycles. The zero-order chi connectivity index (χ0) is 24.4. The van der Waals surface area contributed by atoms with Crippen molar-refractivity contribution in [2.75, 3.05) is 0 Å². The average Bonchev–Trinajstić information content (AvgIpc) is 3.15. The summed E-state index contributed by atoms with van der Waals surface area (Å²) in [7, 11) is 6.78. The highest BCUT2D eigenvalue weighted by Gasteiger charge is 2.35. The second-order valence-corrected chi connectivity index (χ2v) is 10.4. The molecule has 0 amide bonds. The van der Waals surface area contributed by atoms with Gasteiger partial charge < -0.3 is 0 Å². The summed E-state index contributed by atoms with van der Waals surface area (Å²) in [6, 6.07) is 41.7. The Balaban J connectivity index is 1.56. The van der Waals surface area contributed by atoms with E-state index in [0.717, 1.165) is 16.2 Å². The molecule has 0 heterocycles. The molecule has 36 heavy (non-hydrogen) atoms. The molecule has 0 bridgehead atoms. The molecule has 0 nitrogen and oxygen atoms in total. The molecule has 6 aromatic carbocycles. The van der Waals surface area contributed by atoms with E-state index in [0.29, 0.717) is 0 Å².